The molecular formula is C25H27Cl2NO5S. The van der Waals surface area contributed by atoms with E-state index in [1.54, 1.807) is 37.3 Å². The molecule has 0 aliphatic carbocycles. The third kappa shape index (κ3) is 7.29. The zero-order valence-electron chi connectivity index (χ0n) is 18.6. The first-order chi connectivity index (χ1) is 15.8. The van der Waals surface area contributed by atoms with Crippen LogP contribution in [-0.4, -0.2) is 39.2 Å². The molecule has 3 aromatic rings. The number of hydrogen-bond donors (Lipinski definition) is 2. The second-order valence-corrected chi connectivity index (χ2v) is 9.81. The number of hydrogen-bond acceptors (Lipinski definition) is 6. The fraction of sp³-hybridized carbons (Fsp3) is 0.240. The van der Waals surface area contributed by atoms with E-state index in [1.807, 2.05) is 12.1 Å². The molecule has 0 spiro atoms. The van der Waals surface area contributed by atoms with Crippen LogP contribution in [0, 0.1) is 0 Å². The average Bonchev–Trinajstić information content (AvgIpc) is 2.82. The molecule has 0 saturated heterocycles. The summed E-state index contributed by atoms with van der Waals surface area (Å²) in [6.07, 6.45) is -0.115. The summed E-state index contributed by atoms with van der Waals surface area (Å²) >= 11 is 5.96. The number of aliphatic hydroxyl groups excluding tert-OH is 1. The van der Waals surface area contributed by atoms with Crippen molar-refractivity contribution in [1.29, 1.82) is 0 Å². The molecule has 0 unspecified atom stereocenters. The number of aliphatic hydroxyl groups is 1. The van der Waals surface area contributed by atoms with Crippen molar-refractivity contribution in [2.24, 2.45) is 0 Å². The topological polar surface area (TPSA) is 92.7 Å². The van der Waals surface area contributed by atoms with Gasteiger partial charge in [-0.2, -0.15) is 0 Å². The van der Waals surface area contributed by atoms with Crippen molar-refractivity contribution >= 4 is 39.8 Å². The van der Waals surface area contributed by atoms with E-state index in [-0.39, 0.29) is 34.4 Å². The summed E-state index contributed by atoms with van der Waals surface area (Å²) in [6.45, 7) is 2.80. The third-order valence-corrected chi connectivity index (χ3v) is 7.01. The number of halogens is 2. The van der Waals surface area contributed by atoms with Gasteiger partial charge in [-0.25, -0.2) is 13.2 Å². The fourth-order valence-electron chi connectivity index (χ4n) is 3.31. The lowest BCUT2D eigenvalue weighted by Gasteiger charge is -2.13. The number of carbonyl (C=O) groups excluding carboxylic acids is 1. The molecule has 3 rings (SSSR count). The number of rotatable bonds is 10. The molecule has 2 N–H and O–H groups in total. The molecule has 0 aliphatic heterocycles. The first-order valence-corrected chi connectivity index (χ1v) is 12.4. The van der Waals surface area contributed by atoms with E-state index >= 15 is 0 Å². The highest BCUT2D eigenvalue weighted by Crippen LogP contribution is 2.23. The molecule has 0 bridgehead atoms. The van der Waals surface area contributed by atoms with Crippen molar-refractivity contribution in [2.75, 3.05) is 19.7 Å². The maximum absolute atomic E-state index is 13.1. The number of nitrogens with one attached hydrogen (secondary N) is 1. The minimum atomic E-state index is -3.80. The van der Waals surface area contributed by atoms with Gasteiger partial charge in [0.15, 0.2) is 0 Å². The van der Waals surface area contributed by atoms with E-state index in [9.17, 15) is 18.3 Å². The largest absolute Gasteiger partial charge is 0.462 e. The summed E-state index contributed by atoms with van der Waals surface area (Å²) in [5.74, 6) is -0.561. The van der Waals surface area contributed by atoms with Gasteiger partial charge in [-0.05, 0) is 73.5 Å². The van der Waals surface area contributed by atoms with Crippen molar-refractivity contribution in [1.82, 2.24) is 5.32 Å². The molecule has 0 amide bonds. The summed E-state index contributed by atoms with van der Waals surface area (Å²) in [5, 5.41) is 14.0. The Bertz CT molecular complexity index is 1220. The van der Waals surface area contributed by atoms with Gasteiger partial charge in [-0.15, -0.1) is 12.4 Å². The van der Waals surface area contributed by atoms with Crippen LogP contribution in [0.3, 0.4) is 0 Å². The monoisotopic (exact) mass is 523 g/mol. The third-order valence-electron chi connectivity index (χ3n) is 5.03. The second-order valence-electron chi connectivity index (χ2n) is 7.42. The summed E-state index contributed by atoms with van der Waals surface area (Å²) in [5.41, 5.74) is 1.76. The first-order valence-electron chi connectivity index (χ1n) is 10.6. The number of ether oxygens (including phenoxy) is 1. The molecule has 0 heterocycles. The van der Waals surface area contributed by atoms with Crippen LogP contribution in [0.5, 0.6) is 0 Å². The van der Waals surface area contributed by atoms with Gasteiger partial charge in [0, 0.05) is 11.6 Å². The minimum Gasteiger partial charge on any atom is -0.462 e. The Hall–Kier alpha value is -2.42. The van der Waals surface area contributed by atoms with Crippen LogP contribution in [0.15, 0.2) is 82.6 Å². The van der Waals surface area contributed by atoms with Gasteiger partial charge >= 0.3 is 5.97 Å². The lowest BCUT2D eigenvalue weighted by atomic mass is 10.1. The smallest absolute Gasteiger partial charge is 0.338 e. The standard InChI is InChI=1S/C25H26ClNO5S.ClH/c1-2-32-25(29)20-8-5-11-23(16-20)33(30,31)22-10-3-6-18(14-22)12-13-27-17-24(28)19-7-4-9-21(26)15-19;/h3-11,14-16,24,27-28H,2,12-13,17H2,1H3;1H/t24-;/m1./s1. The highest BCUT2D eigenvalue weighted by atomic mass is 35.5. The van der Waals surface area contributed by atoms with Gasteiger partial charge in [0.1, 0.15) is 0 Å². The molecule has 0 radical (unpaired) electrons. The molecule has 0 saturated carbocycles. The van der Waals surface area contributed by atoms with E-state index in [0.29, 0.717) is 24.5 Å². The normalized spacial score (nSPS) is 12.0. The Morgan fingerprint density at radius 1 is 1.03 bits per heavy atom. The average molecular weight is 524 g/mol. The molecule has 1 atom stereocenters. The van der Waals surface area contributed by atoms with E-state index < -0.39 is 21.9 Å². The number of benzene rings is 3. The highest BCUT2D eigenvalue weighted by Gasteiger charge is 2.20. The van der Waals surface area contributed by atoms with Crippen molar-refractivity contribution < 1.29 is 23.1 Å². The second kappa shape index (κ2) is 12.9. The highest BCUT2D eigenvalue weighted by molar-refractivity contribution is 7.91. The summed E-state index contributed by atoms with van der Waals surface area (Å²) in [4.78, 5) is 12.2. The van der Waals surface area contributed by atoms with Crippen molar-refractivity contribution in [3.8, 4) is 0 Å². The lowest BCUT2D eigenvalue weighted by molar-refractivity contribution is 0.0526. The summed E-state index contributed by atoms with van der Waals surface area (Å²) < 4.78 is 31.2. The Balaban J connectivity index is 0.00000408. The molecule has 0 aromatic heterocycles. The fourth-order valence-corrected chi connectivity index (χ4v) is 4.89. The molecule has 9 heteroatoms. The Labute approximate surface area is 211 Å². The van der Waals surface area contributed by atoms with Gasteiger partial charge in [0.2, 0.25) is 9.84 Å². The van der Waals surface area contributed by atoms with Crippen LogP contribution in [0.4, 0.5) is 0 Å². The zero-order valence-corrected chi connectivity index (χ0v) is 21.0. The van der Waals surface area contributed by atoms with E-state index in [1.165, 1.54) is 30.3 Å². The van der Waals surface area contributed by atoms with E-state index in [2.05, 4.69) is 5.32 Å². The zero-order chi connectivity index (χ0) is 23.8. The number of carbonyl (C=O) groups is 1. The van der Waals surface area contributed by atoms with Crippen molar-refractivity contribution in [3.63, 3.8) is 0 Å². The number of esters is 1. The molecule has 34 heavy (non-hydrogen) atoms. The van der Waals surface area contributed by atoms with Gasteiger partial charge in [-0.1, -0.05) is 41.9 Å². The summed E-state index contributed by atoms with van der Waals surface area (Å²) in [7, 11) is -3.80. The SMILES string of the molecule is CCOC(=O)c1cccc(S(=O)(=O)c2cccc(CCNC[C@@H](O)c3cccc(Cl)c3)c2)c1.Cl. The Kier molecular flexibility index (Phi) is 10.5. The van der Waals surface area contributed by atoms with Gasteiger partial charge in [-0.3, -0.25) is 0 Å². The Morgan fingerprint density at radius 2 is 1.71 bits per heavy atom. The maximum Gasteiger partial charge on any atom is 0.338 e. The van der Waals surface area contributed by atoms with E-state index in [0.717, 1.165) is 11.1 Å². The van der Waals surface area contributed by atoms with Crippen LogP contribution in [0.25, 0.3) is 0 Å². The quantitative estimate of drug-likeness (QED) is 0.297. The van der Waals surface area contributed by atoms with Crippen LogP contribution < -0.4 is 5.32 Å². The van der Waals surface area contributed by atoms with Crippen molar-refractivity contribution in [2.45, 2.75) is 29.2 Å². The molecule has 3 aromatic carbocycles. The van der Waals surface area contributed by atoms with Gasteiger partial charge in [0.25, 0.3) is 0 Å². The number of sulfone groups is 1. The molecule has 0 aliphatic rings. The maximum atomic E-state index is 13.1. The lowest BCUT2D eigenvalue weighted by Crippen LogP contribution is -2.23. The molecule has 182 valence electrons. The van der Waals surface area contributed by atoms with Gasteiger partial charge < -0.3 is 15.2 Å². The predicted molar refractivity (Wildman–Crippen MR) is 135 cm³/mol. The van der Waals surface area contributed by atoms with Crippen LogP contribution >= 0.6 is 24.0 Å². The van der Waals surface area contributed by atoms with Gasteiger partial charge in [0.05, 0.1) is 28.1 Å². The Morgan fingerprint density at radius 3 is 2.41 bits per heavy atom. The van der Waals surface area contributed by atoms with E-state index in [4.69, 9.17) is 16.3 Å². The summed E-state index contributed by atoms with van der Waals surface area (Å²) in [6, 6.07) is 19.6. The molecule has 6 nitrogen and oxygen atoms in total. The predicted octanol–water partition coefficient (Wildman–Crippen LogP) is 4.64. The molecular weight excluding hydrogens is 497 g/mol. The van der Waals surface area contributed by atoms with Crippen LogP contribution in [-0.2, 0) is 21.0 Å². The van der Waals surface area contributed by atoms with Crippen molar-refractivity contribution in [3.05, 3.63) is 94.5 Å². The molecule has 0 fully saturated rings. The minimum absolute atomic E-state index is 0. The first kappa shape index (κ1) is 27.8. The van der Waals surface area contributed by atoms with Crippen LogP contribution in [0.2, 0.25) is 5.02 Å². The van der Waals surface area contributed by atoms with Crippen LogP contribution in [0.1, 0.15) is 34.5 Å².